The van der Waals surface area contributed by atoms with Gasteiger partial charge in [-0.1, -0.05) is 0 Å². The molecule has 6 heteroatoms. The zero-order chi connectivity index (χ0) is 3.58. The van der Waals surface area contributed by atoms with Crippen LogP contribution in [-0.4, -0.2) is 13.3 Å². The minimum Gasteiger partial charge on any atom is -0.784 e. The molecule has 6 heavy (non-hydrogen) atoms. The molecular formula is LiNaO3S. The average molecular weight is 110 g/mol. The molecule has 0 saturated heterocycles. The predicted molar refractivity (Wildman–Crippen MR) is 9.70 cm³/mol. The van der Waals surface area contributed by atoms with E-state index in [-0.39, 0.29) is 48.4 Å². The van der Waals surface area contributed by atoms with Crippen molar-refractivity contribution < 1.29 is 61.7 Å². The molecular weight excluding hydrogens is 110 g/mol. The van der Waals surface area contributed by atoms with Gasteiger partial charge in [-0.2, -0.15) is 0 Å². The van der Waals surface area contributed by atoms with Crippen LogP contribution in [0.25, 0.3) is 0 Å². The maximum Gasteiger partial charge on any atom is 1.00 e. The second-order valence-electron chi connectivity index (χ2n) is 0.204. The van der Waals surface area contributed by atoms with Crippen LogP contribution in [0.5, 0.6) is 0 Å². The molecule has 0 aromatic heterocycles. The van der Waals surface area contributed by atoms with E-state index in [2.05, 4.69) is 0 Å². The van der Waals surface area contributed by atoms with Gasteiger partial charge in [0.1, 0.15) is 0 Å². The summed E-state index contributed by atoms with van der Waals surface area (Å²) in [4.78, 5) is 0. The predicted octanol–water partition coefficient (Wildman–Crippen LogP) is -7.00. The van der Waals surface area contributed by atoms with Crippen LogP contribution in [0.1, 0.15) is 0 Å². The number of rotatable bonds is 0. The van der Waals surface area contributed by atoms with Crippen molar-refractivity contribution in [2.75, 3.05) is 0 Å². The van der Waals surface area contributed by atoms with Gasteiger partial charge in [-0.15, -0.1) is 11.4 Å². The summed E-state index contributed by atoms with van der Waals surface area (Å²) >= 11 is -3.11. The van der Waals surface area contributed by atoms with Gasteiger partial charge in [0.25, 0.3) is 0 Å². The zero-order valence-electron chi connectivity index (χ0n) is 3.63. The van der Waals surface area contributed by atoms with E-state index in [0.29, 0.717) is 0 Å². The summed E-state index contributed by atoms with van der Waals surface area (Å²) in [6, 6.07) is 0. The molecule has 0 bridgehead atoms. The van der Waals surface area contributed by atoms with Crippen LogP contribution in [0.3, 0.4) is 0 Å². The quantitative estimate of drug-likeness (QED) is 0.230. The van der Waals surface area contributed by atoms with Crippen molar-refractivity contribution in [1.82, 2.24) is 0 Å². The molecule has 0 unspecified atom stereocenters. The summed E-state index contributed by atoms with van der Waals surface area (Å²) in [5.74, 6) is 0. The summed E-state index contributed by atoms with van der Waals surface area (Å²) in [6.07, 6.45) is 0. The van der Waals surface area contributed by atoms with Crippen molar-refractivity contribution in [3.8, 4) is 0 Å². The van der Waals surface area contributed by atoms with Crippen molar-refractivity contribution in [1.29, 1.82) is 0 Å². The normalized spacial score (nSPS) is 5.83. The molecule has 0 spiro atoms. The van der Waals surface area contributed by atoms with Gasteiger partial charge in [0, 0.05) is 0 Å². The number of hydrogen-bond acceptors (Lipinski definition) is 3. The Morgan fingerprint density at radius 2 is 1.33 bits per heavy atom. The third kappa shape index (κ3) is 44.4. The molecule has 0 N–H and O–H groups in total. The summed E-state index contributed by atoms with van der Waals surface area (Å²) in [7, 11) is 0. The third-order valence-corrected chi connectivity index (χ3v) is 0. The van der Waals surface area contributed by atoms with Crippen LogP contribution in [0.15, 0.2) is 0 Å². The molecule has 0 rings (SSSR count). The minimum absolute atomic E-state index is 0. The van der Waals surface area contributed by atoms with Crippen molar-refractivity contribution in [3.63, 3.8) is 0 Å². The molecule has 0 aliphatic heterocycles. The van der Waals surface area contributed by atoms with Gasteiger partial charge in [-0.05, 0) is 0 Å². The summed E-state index contributed by atoms with van der Waals surface area (Å²) in [6.45, 7) is 0. The van der Waals surface area contributed by atoms with Gasteiger partial charge >= 0.3 is 48.4 Å². The van der Waals surface area contributed by atoms with E-state index in [1.807, 2.05) is 0 Å². The van der Waals surface area contributed by atoms with E-state index in [9.17, 15) is 0 Å². The fourth-order valence-electron chi connectivity index (χ4n) is 0. The van der Waals surface area contributed by atoms with Gasteiger partial charge in [-0.25, -0.2) is 0 Å². The first kappa shape index (κ1) is 15.6. The van der Waals surface area contributed by atoms with Crippen molar-refractivity contribution in [2.24, 2.45) is 0 Å². The molecule has 3 nitrogen and oxygen atoms in total. The molecule has 0 radical (unpaired) electrons. The Balaban J connectivity index is -0.0000000450. The monoisotopic (exact) mass is 110 g/mol. The van der Waals surface area contributed by atoms with Gasteiger partial charge in [0.2, 0.25) is 0 Å². The molecule has 0 aromatic carbocycles. The molecule has 0 aromatic rings. The van der Waals surface area contributed by atoms with Gasteiger partial charge in [0.15, 0.2) is 0 Å². The Morgan fingerprint density at radius 1 is 1.33 bits per heavy atom. The topological polar surface area (TPSA) is 63.2 Å². The Bertz CT molecular complexity index is 33.8. The van der Waals surface area contributed by atoms with Crippen LogP contribution in [-0.2, 0) is 11.4 Å². The molecule has 0 fully saturated rings. The largest absolute Gasteiger partial charge is 1.00 e. The van der Waals surface area contributed by atoms with E-state index in [4.69, 9.17) is 13.3 Å². The SMILES string of the molecule is O=S([O-])[O-].[Li+].[Na+]. The average Bonchev–Trinajstić information content (AvgIpc) is 0.811. The molecule has 0 aliphatic carbocycles. The van der Waals surface area contributed by atoms with Crippen molar-refractivity contribution in [3.05, 3.63) is 0 Å². The molecule has 0 saturated carbocycles. The second-order valence-corrected chi connectivity index (χ2v) is 0.612. The smallest absolute Gasteiger partial charge is 0.784 e. The van der Waals surface area contributed by atoms with Crippen LogP contribution < -0.4 is 48.4 Å². The number of hydrogen-bond donors (Lipinski definition) is 0. The summed E-state index contributed by atoms with van der Waals surface area (Å²) in [5.41, 5.74) is 0. The van der Waals surface area contributed by atoms with E-state index >= 15 is 0 Å². The van der Waals surface area contributed by atoms with E-state index in [0.717, 1.165) is 0 Å². The Morgan fingerprint density at radius 3 is 1.33 bits per heavy atom. The fraction of sp³-hybridized carbons (Fsp3) is 0. The van der Waals surface area contributed by atoms with Crippen LogP contribution in [0.2, 0.25) is 0 Å². The molecule has 0 amide bonds. The van der Waals surface area contributed by atoms with Gasteiger partial charge in [0.05, 0.1) is 0 Å². The first-order valence-electron chi connectivity index (χ1n) is 0.500. The molecule has 0 heterocycles. The van der Waals surface area contributed by atoms with Crippen molar-refractivity contribution in [2.45, 2.75) is 0 Å². The van der Waals surface area contributed by atoms with E-state index in [1.54, 1.807) is 0 Å². The van der Waals surface area contributed by atoms with E-state index < -0.39 is 11.4 Å². The Labute approximate surface area is 72.5 Å². The van der Waals surface area contributed by atoms with Crippen molar-refractivity contribution >= 4 is 11.4 Å². The van der Waals surface area contributed by atoms with E-state index in [1.165, 1.54) is 0 Å². The standard InChI is InChI=1S/Li.Na.H2O3S/c;;1-4(2)3/h;;(H2,1,2,3)/q2*+1;/p-2. The Kier molecular flexibility index (Phi) is 25.6. The second kappa shape index (κ2) is 9.83. The molecule has 0 atom stereocenters. The first-order chi connectivity index (χ1) is 1.73. The van der Waals surface area contributed by atoms with Crippen LogP contribution in [0, 0.1) is 0 Å². The zero-order valence-corrected chi connectivity index (χ0v) is 6.45. The first-order valence-corrected chi connectivity index (χ1v) is 1.50. The van der Waals surface area contributed by atoms with Gasteiger partial charge in [-0.3, -0.25) is 4.21 Å². The van der Waals surface area contributed by atoms with Crippen LogP contribution in [0.4, 0.5) is 0 Å². The maximum atomic E-state index is 8.44. The summed E-state index contributed by atoms with van der Waals surface area (Å²) in [5, 5.41) is 0. The van der Waals surface area contributed by atoms with Gasteiger partial charge < -0.3 is 9.11 Å². The molecule has 0 aliphatic rings. The Hall–Kier alpha value is 1.67. The maximum absolute atomic E-state index is 8.44. The minimum atomic E-state index is -3.11. The fourth-order valence-corrected chi connectivity index (χ4v) is 0. The molecule has 26 valence electrons. The van der Waals surface area contributed by atoms with Crippen LogP contribution >= 0.6 is 0 Å². The summed E-state index contributed by atoms with van der Waals surface area (Å²) < 4.78 is 25.3. The third-order valence-electron chi connectivity index (χ3n) is 0.